The first-order valence-corrected chi connectivity index (χ1v) is 6.96. The van der Waals surface area contributed by atoms with E-state index in [-0.39, 0.29) is 0 Å². The summed E-state index contributed by atoms with van der Waals surface area (Å²) in [6, 6.07) is 6.80. The fourth-order valence-electron chi connectivity index (χ4n) is 1.92. The van der Waals surface area contributed by atoms with E-state index in [1.807, 2.05) is 12.1 Å². The molecule has 1 fully saturated rings. The lowest BCUT2D eigenvalue weighted by atomic mass is 10.1. The fourth-order valence-corrected chi connectivity index (χ4v) is 2.39. The van der Waals surface area contributed by atoms with E-state index in [4.69, 9.17) is 4.42 Å². The summed E-state index contributed by atoms with van der Waals surface area (Å²) in [7, 11) is 0. The lowest BCUT2D eigenvalue weighted by molar-refractivity contribution is 0.569. The Kier molecular flexibility index (Phi) is 3.22. The molecule has 1 aliphatic carbocycles. The summed E-state index contributed by atoms with van der Waals surface area (Å²) in [4.78, 5) is 4.53. The van der Waals surface area contributed by atoms with Crippen LogP contribution in [-0.2, 0) is 6.54 Å². The summed E-state index contributed by atoms with van der Waals surface area (Å²) in [5, 5.41) is 3.43. The average Bonchev–Trinajstić information content (AvgIpc) is 3.05. The predicted octanol–water partition coefficient (Wildman–Crippen LogP) is 3.66. The number of rotatable bonds is 4. The van der Waals surface area contributed by atoms with Gasteiger partial charge in [-0.05, 0) is 43.5 Å². The first kappa shape index (κ1) is 11.9. The summed E-state index contributed by atoms with van der Waals surface area (Å²) in [6.45, 7) is 2.86. The van der Waals surface area contributed by atoms with Crippen molar-refractivity contribution in [2.75, 3.05) is 0 Å². The Morgan fingerprint density at radius 1 is 1.44 bits per heavy atom. The molecule has 1 N–H and O–H groups in total. The topological polar surface area (TPSA) is 38.1 Å². The van der Waals surface area contributed by atoms with E-state index >= 15 is 0 Å². The molecule has 1 heterocycles. The number of hydrogen-bond donors (Lipinski definition) is 1. The molecule has 3 rings (SSSR count). The van der Waals surface area contributed by atoms with Crippen molar-refractivity contribution < 1.29 is 4.42 Å². The predicted molar refractivity (Wildman–Crippen MR) is 74.2 cm³/mol. The molecule has 0 aliphatic heterocycles. The Hall–Kier alpha value is -1.13. The summed E-state index contributed by atoms with van der Waals surface area (Å²) in [5.74, 6) is 0.701. The molecule has 18 heavy (non-hydrogen) atoms. The summed E-state index contributed by atoms with van der Waals surface area (Å²) >= 11 is 3.46. The number of hydrogen-bond acceptors (Lipinski definition) is 3. The lowest BCUT2D eigenvalue weighted by Crippen LogP contribution is -2.15. The molecular formula is C14H15BrN2O. The van der Waals surface area contributed by atoms with Crippen LogP contribution in [0.2, 0.25) is 0 Å². The fraction of sp³-hybridized carbons (Fsp3) is 0.357. The van der Waals surface area contributed by atoms with Crippen molar-refractivity contribution >= 4 is 15.9 Å². The van der Waals surface area contributed by atoms with Gasteiger partial charge in [-0.1, -0.05) is 15.9 Å². The van der Waals surface area contributed by atoms with Gasteiger partial charge in [0.15, 0.2) is 0 Å². The molecule has 94 valence electrons. The highest BCUT2D eigenvalue weighted by Crippen LogP contribution is 2.26. The quantitative estimate of drug-likeness (QED) is 0.936. The van der Waals surface area contributed by atoms with Crippen LogP contribution in [0.4, 0.5) is 0 Å². The number of oxazole rings is 1. The molecule has 1 aromatic carbocycles. The van der Waals surface area contributed by atoms with Gasteiger partial charge in [0.05, 0.1) is 5.69 Å². The van der Waals surface area contributed by atoms with Gasteiger partial charge >= 0.3 is 0 Å². The molecule has 4 heteroatoms. The van der Waals surface area contributed by atoms with Crippen molar-refractivity contribution in [1.82, 2.24) is 10.3 Å². The Balaban J connectivity index is 1.78. The highest BCUT2D eigenvalue weighted by molar-refractivity contribution is 9.10. The second-order valence-electron chi connectivity index (χ2n) is 4.76. The van der Waals surface area contributed by atoms with Gasteiger partial charge in [-0.25, -0.2) is 4.98 Å². The zero-order valence-corrected chi connectivity index (χ0v) is 11.8. The minimum Gasteiger partial charge on any atom is -0.444 e. The number of nitrogens with zero attached hydrogens (tertiary/aromatic N) is 1. The van der Waals surface area contributed by atoms with Gasteiger partial charge in [0.25, 0.3) is 0 Å². The molecule has 2 aromatic rings. The van der Waals surface area contributed by atoms with Gasteiger partial charge < -0.3 is 9.73 Å². The third-order valence-corrected chi connectivity index (χ3v) is 3.61. The van der Waals surface area contributed by atoms with Crippen molar-refractivity contribution in [3.8, 4) is 11.5 Å². The molecule has 1 aliphatic rings. The average molecular weight is 307 g/mol. The molecule has 0 bridgehead atoms. The van der Waals surface area contributed by atoms with Crippen LogP contribution < -0.4 is 5.32 Å². The van der Waals surface area contributed by atoms with Crippen LogP contribution in [0.3, 0.4) is 0 Å². The number of aryl methyl sites for hydroxylation is 1. The molecule has 1 aromatic heterocycles. The maximum absolute atomic E-state index is 5.56. The van der Waals surface area contributed by atoms with Crippen LogP contribution in [0.25, 0.3) is 11.5 Å². The number of nitrogens with one attached hydrogen (secondary N) is 1. The van der Waals surface area contributed by atoms with Crippen molar-refractivity contribution in [3.63, 3.8) is 0 Å². The van der Waals surface area contributed by atoms with Crippen molar-refractivity contribution in [2.45, 2.75) is 32.4 Å². The van der Waals surface area contributed by atoms with Gasteiger partial charge in [0.1, 0.15) is 6.26 Å². The van der Waals surface area contributed by atoms with Gasteiger partial charge in [-0.3, -0.25) is 0 Å². The standard InChI is InChI=1S/C14H15BrN2O/c1-9-6-10(15)2-5-13(9)14-17-12(8-18-14)7-16-11-3-4-11/h2,5-6,8,11,16H,3-4,7H2,1H3. The van der Waals surface area contributed by atoms with Gasteiger partial charge in [0.2, 0.25) is 5.89 Å². The molecule has 1 saturated carbocycles. The number of benzene rings is 1. The van der Waals surface area contributed by atoms with E-state index in [1.165, 1.54) is 12.8 Å². The van der Waals surface area contributed by atoms with Crippen LogP contribution in [0.5, 0.6) is 0 Å². The van der Waals surface area contributed by atoms with E-state index in [9.17, 15) is 0 Å². The Morgan fingerprint density at radius 2 is 2.28 bits per heavy atom. The molecule has 0 radical (unpaired) electrons. The third-order valence-electron chi connectivity index (χ3n) is 3.12. The Bertz CT molecular complexity index is 561. The van der Waals surface area contributed by atoms with Crippen LogP contribution in [-0.4, -0.2) is 11.0 Å². The molecule has 0 unspecified atom stereocenters. The van der Waals surface area contributed by atoms with Crippen LogP contribution >= 0.6 is 15.9 Å². The smallest absolute Gasteiger partial charge is 0.226 e. The summed E-state index contributed by atoms with van der Waals surface area (Å²) < 4.78 is 6.63. The zero-order valence-electron chi connectivity index (χ0n) is 10.2. The van der Waals surface area contributed by atoms with Crippen molar-refractivity contribution in [2.24, 2.45) is 0 Å². The molecule has 0 amide bonds. The second-order valence-corrected chi connectivity index (χ2v) is 5.67. The summed E-state index contributed by atoms with van der Waals surface area (Å²) in [5.41, 5.74) is 3.18. The van der Waals surface area contributed by atoms with Gasteiger partial charge in [-0.15, -0.1) is 0 Å². The monoisotopic (exact) mass is 306 g/mol. The first-order valence-electron chi connectivity index (χ1n) is 6.17. The van der Waals surface area contributed by atoms with E-state index in [0.717, 1.165) is 27.8 Å². The van der Waals surface area contributed by atoms with Crippen LogP contribution in [0.15, 0.2) is 33.4 Å². The second kappa shape index (κ2) is 4.86. The van der Waals surface area contributed by atoms with E-state index in [2.05, 4.69) is 39.2 Å². The third kappa shape index (κ3) is 2.65. The SMILES string of the molecule is Cc1cc(Br)ccc1-c1nc(CNC2CC2)co1. The number of aromatic nitrogens is 1. The van der Waals surface area contributed by atoms with Gasteiger partial charge in [-0.2, -0.15) is 0 Å². The van der Waals surface area contributed by atoms with Crippen LogP contribution in [0, 0.1) is 6.92 Å². The maximum atomic E-state index is 5.56. The van der Waals surface area contributed by atoms with E-state index in [1.54, 1.807) is 6.26 Å². The Morgan fingerprint density at radius 3 is 3.00 bits per heavy atom. The summed E-state index contributed by atoms with van der Waals surface area (Å²) in [6.07, 6.45) is 4.32. The largest absolute Gasteiger partial charge is 0.444 e. The normalized spacial score (nSPS) is 15.0. The molecular weight excluding hydrogens is 292 g/mol. The molecule has 3 nitrogen and oxygen atoms in total. The van der Waals surface area contributed by atoms with Crippen LogP contribution in [0.1, 0.15) is 24.1 Å². The van der Waals surface area contributed by atoms with E-state index in [0.29, 0.717) is 11.9 Å². The Labute approximate surface area is 115 Å². The van der Waals surface area contributed by atoms with Gasteiger partial charge in [0, 0.05) is 22.6 Å². The molecule has 0 spiro atoms. The highest BCUT2D eigenvalue weighted by Gasteiger charge is 2.20. The van der Waals surface area contributed by atoms with Crippen molar-refractivity contribution in [3.05, 3.63) is 40.2 Å². The number of halogens is 1. The minimum atomic E-state index is 0.694. The zero-order chi connectivity index (χ0) is 12.5. The highest BCUT2D eigenvalue weighted by atomic mass is 79.9. The molecule has 0 atom stereocenters. The van der Waals surface area contributed by atoms with E-state index < -0.39 is 0 Å². The lowest BCUT2D eigenvalue weighted by Gasteiger charge is -2.01. The minimum absolute atomic E-state index is 0.694. The van der Waals surface area contributed by atoms with Crippen molar-refractivity contribution in [1.29, 1.82) is 0 Å². The first-order chi connectivity index (χ1) is 8.72. The maximum Gasteiger partial charge on any atom is 0.226 e. The molecule has 0 saturated heterocycles.